The van der Waals surface area contributed by atoms with Gasteiger partial charge in [0.05, 0.1) is 18.8 Å². The summed E-state index contributed by atoms with van der Waals surface area (Å²) in [6, 6.07) is 5.69. The summed E-state index contributed by atoms with van der Waals surface area (Å²) in [6.45, 7) is 3.18. The van der Waals surface area contributed by atoms with Gasteiger partial charge in [0.15, 0.2) is 12.4 Å². The molecule has 232 valence electrons. The summed E-state index contributed by atoms with van der Waals surface area (Å²) in [5, 5.41) is 23.0. The highest BCUT2D eigenvalue weighted by atomic mass is 16.3. The zero-order valence-corrected chi connectivity index (χ0v) is 26.2. The van der Waals surface area contributed by atoms with Crippen LogP contribution in [0.4, 0.5) is 0 Å². The molecule has 0 bridgehead atoms. The van der Waals surface area contributed by atoms with Gasteiger partial charge in [-0.25, -0.2) is 4.57 Å². The fourth-order valence-electron chi connectivity index (χ4n) is 5.52. The molecule has 0 unspecified atom stereocenters. The van der Waals surface area contributed by atoms with Crippen LogP contribution in [0.3, 0.4) is 0 Å². The predicted molar refractivity (Wildman–Crippen MR) is 168 cm³/mol. The zero-order valence-electron chi connectivity index (χ0n) is 26.2. The van der Waals surface area contributed by atoms with E-state index in [0.717, 1.165) is 32.2 Å². The minimum Gasteiger partial charge on any atom is -0.394 e. The number of carbonyl (C=O) groups is 1. The second-order valence-electron chi connectivity index (χ2n) is 12.0. The number of amides is 1. The lowest BCUT2D eigenvalue weighted by Gasteiger charge is -2.22. The average Bonchev–Trinajstić information content (AvgIpc) is 2.97. The third-order valence-electron chi connectivity index (χ3n) is 8.21. The molecule has 0 aromatic carbocycles. The number of nitrogens with one attached hydrogen (secondary N) is 1. The largest absolute Gasteiger partial charge is 0.394 e. The third kappa shape index (κ3) is 22.3. The number of aromatic nitrogens is 1. The molecule has 1 rings (SSSR count). The maximum absolute atomic E-state index is 12.3. The summed E-state index contributed by atoms with van der Waals surface area (Å²) in [7, 11) is 0. The Morgan fingerprint density at radius 3 is 1.60 bits per heavy atom. The van der Waals surface area contributed by atoms with Crippen molar-refractivity contribution in [1.82, 2.24) is 5.32 Å². The molecule has 3 N–H and O–H groups in total. The van der Waals surface area contributed by atoms with E-state index in [-0.39, 0.29) is 12.5 Å². The van der Waals surface area contributed by atoms with Crippen LogP contribution in [-0.2, 0) is 11.3 Å². The Labute approximate surface area is 247 Å². The minimum atomic E-state index is -0.659. The van der Waals surface area contributed by atoms with Crippen LogP contribution in [0.25, 0.3) is 0 Å². The van der Waals surface area contributed by atoms with Crippen LogP contribution < -0.4 is 9.88 Å². The normalized spacial score (nSPS) is 12.9. The predicted octanol–water partition coefficient (Wildman–Crippen LogP) is 8.19. The fraction of sp³-hybridized carbons (Fsp3) is 0.829. The molecule has 5 heteroatoms. The molecule has 40 heavy (non-hydrogen) atoms. The van der Waals surface area contributed by atoms with E-state index >= 15 is 0 Å². The van der Waals surface area contributed by atoms with Crippen molar-refractivity contribution >= 4 is 5.91 Å². The van der Waals surface area contributed by atoms with Crippen molar-refractivity contribution in [3.8, 4) is 0 Å². The maximum Gasteiger partial charge on any atom is 0.220 e. The lowest BCUT2D eigenvalue weighted by atomic mass is 10.0. The highest BCUT2D eigenvalue weighted by Crippen LogP contribution is 2.15. The number of unbranched alkanes of at least 4 members (excludes halogenated alkanes) is 20. The molecule has 1 amide bonds. The lowest BCUT2D eigenvalue weighted by Crippen LogP contribution is -2.45. The van der Waals surface area contributed by atoms with E-state index in [1.54, 1.807) is 0 Å². The Balaban J connectivity index is 1.90. The van der Waals surface area contributed by atoms with Crippen molar-refractivity contribution in [2.75, 3.05) is 6.61 Å². The second kappa shape index (κ2) is 27.7. The molecule has 0 saturated carbocycles. The number of hydrogen-bond donors (Lipinski definition) is 3. The molecule has 1 aromatic rings. The Kier molecular flexibility index (Phi) is 25.3. The monoisotopic (exact) mass is 561 g/mol. The second-order valence-corrected chi connectivity index (χ2v) is 12.0. The molecular formula is C35H65N2O3+. The van der Waals surface area contributed by atoms with Crippen LogP contribution in [0.1, 0.15) is 161 Å². The SMILES string of the molecule is CCCCCCCCCCCCCCC[C@@H](O)[C@@H](CO)NC(=O)CCCCCCCCCCC[n+]1ccccc1. The van der Waals surface area contributed by atoms with Gasteiger partial charge in [0.2, 0.25) is 5.91 Å². The van der Waals surface area contributed by atoms with Crippen molar-refractivity contribution in [2.24, 2.45) is 0 Å². The number of aryl methyl sites for hydroxylation is 1. The molecule has 5 nitrogen and oxygen atoms in total. The van der Waals surface area contributed by atoms with Gasteiger partial charge >= 0.3 is 0 Å². The van der Waals surface area contributed by atoms with Crippen LogP contribution >= 0.6 is 0 Å². The van der Waals surface area contributed by atoms with Gasteiger partial charge in [-0.1, -0.05) is 135 Å². The quantitative estimate of drug-likeness (QED) is 0.0682. The molecule has 0 radical (unpaired) electrons. The fourth-order valence-corrected chi connectivity index (χ4v) is 5.52. The van der Waals surface area contributed by atoms with E-state index in [9.17, 15) is 15.0 Å². The number of rotatable bonds is 29. The highest BCUT2D eigenvalue weighted by molar-refractivity contribution is 5.76. The van der Waals surface area contributed by atoms with Crippen LogP contribution in [0, 0.1) is 0 Å². The Hall–Kier alpha value is -1.46. The van der Waals surface area contributed by atoms with Crippen molar-refractivity contribution in [3.05, 3.63) is 30.6 Å². The maximum atomic E-state index is 12.3. The number of carbonyl (C=O) groups excluding carboxylic acids is 1. The summed E-state index contributed by atoms with van der Waals surface area (Å²) in [6.07, 6.45) is 32.4. The van der Waals surface area contributed by atoms with Gasteiger partial charge in [-0.2, -0.15) is 0 Å². The molecular weight excluding hydrogens is 496 g/mol. The molecule has 0 aliphatic carbocycles. The van der Waals surface area contributed by atoms with Crippen LogP contribution in [0.2, 0.25) is 0 Å². The van der Waals surface area contributed by atoms with Gasteiger partial charge < -0.3 is 15.5 Å². The molecule has 0 aliphatic rings. The van der Waals surface area contributed by atoms with Gasteiger partial charge in [-0.05, 0) is 19.3 Å². The zero-order chi connectivity index (χ0) is 28.9. The summed E-state index contributed by atoms with van der Waals surface area (Å²) in [5.41, 5.74) is 0. The van der Waals surface area contributed by atoms with Crippen molar-refractivity contribution < 1.29 is 19.6 Å². The first-order valence-electron chi connectivity index (χ1n) is 17.2. The average molecular weight is 562 g/mol. The van der Waals surface area contributed by atoms with Crippen LogP contribution in [-0.4, -0.2) is 34.9 Å². The van der Waals surface area contributed by atoms with Gasteiger partial charge in [-0.3, -0.25) is 4.79 Å². The number of nitrogens with zero attached hydrogens (tertiary/aromatic N) is 1. The number of pyridine rings is 1. The number of aliphatic hydroxyl groups excluding tert-OH is 2. The third-order valence-corrected chi connectivity index (χ3v) is 8.21. The van der Waals surface area contributed by atoms with Crippen LogP contribution in [0.5, 0.6) is 0 Å². The van der Waals surface area contributed by atoms with Gasteiger partial charge in [0, 0.05) is 25.0 Å². The topological polar surface area (TPSA) is 73.4 Å². The summed E-state index contributed by atoms with van der Waals surface area (Å²) < 4.78 is 2.25. The smallest absolute Gasteiger partial charge is 0.220 e. The van der Waals surface area contributed by atoms with E-state index in [2.05, 4.69) is 47.4 Å². The van der Waals surface area contributed by atoms with Gasteiger partial charge in [-0.15, -0.1) is 0 Å². The van der Waals surface area contributed by atoms with Crippen LogP contribution in [0.15, 0.2) is 30.6 Å². The molecule has 0 aliphatic heterocycles. The Morgan fingerprint density at radius 2 is 1.10 bits per heavy atom. The first kappa shape index (κ1) is 36.6. The van der Waals surface area contributed by atoms with Crippen molar-refractivity contribution in [1.29, 1.82) is 0 Å². The first-order chi connectivity index (χ1) is 19.7. The molecule has 0 spiro atoms. The first-order valence-corrected chi connectivity index (χ1v) is 17.2. The molecule has 0 saturated heterocycles. The lowest BCUT2D eigenvalue weighted by molar-refractivity contribution is -0.697. The van der Waals surface area contributed by atoms with E-state index < -0.39 is 12.1 Å². The van der Waals surface area contributed by atoms with Crippen molar-refractivity contribution in [2.45, 2.75) is 180 Å². The number of aliphatic hydroxyl groups is 2. The Bertz CT molecular complexity index is 670. The summed E-state index contributed by atoms with van der Waals surface area (Å²) in [5.74, 6) is -0.0419. The van der Waals surface area contributed by atoms with Crippen molar-refractivity contribution in [3.63, 3.8) is 0 Å². The highest BCUT2D eigenvalue weighted by Gasteiger charge is 2.19. The number of hydrogen-bond acceptors (Lipinski definition) is 3. The molecule has 1 aromatic heterocycles. The Morgan fingerprint density at radius 1 is 0.650 bits per heavy atom. The van der Waals surface area contributed by atoms with E-state index in [0.29, 0.717) is 12.8 Å². The molecule has 1 heterocycles. The molecule has 0 fully saturated rings. The standard InChI is InChI=1S/C35H64N2O3/c1-2-3-4-5-6-7-8-9-10-12-15-18-22-27-34(39)33(32-38)36-35(40)28-23-19-16-13-11-14-17-20-24-29-37-30-25-21-26-31-37/h21,25-26,30-31,33-34,38-39H,2-20,22-24,27-29,32H2,1H3/p+1/t33-,34-/m1/s1. The van der Waals surface area contributed by atoms with Gasteiger partial charge in [0.1, 0.15) is 6.54 Å². The minimum absolute atomic E-state index is 0.0419. The van der Waals surface area contributed by atoms with E-state index in [4.69, 9.17) is 0 Å². The van der Waals surface area contributed by atoms with E-state index in [1.165, 1.54) is 116 Å². The summed E-state index contributed by atoms with van der Waals surface area (Å²) in [4.78, 5) is 12.3. The summed E-state index contributed by atoms with van der Waals surface area (Å²) >= 11 is 0. The van der Waals surface area contributed by atoms with Gasteiger partial charge in [0.25, 0.3) is 0 Å². The molecule has 2 atom stereocenters. The van der Waals surface area contributed by atoms with E-state index in [1.807, 2.05) is 0 Å².